The largest absolute Gasteiger partial charge is 0.458 e. The molecule has 0 spiro atoms. The van der Waals surface area contributed by atoms with Crippen LogP contribution in [0.1, 0.15) is 27.2 Å². The molecule has 0 aliphatic heterocycles. The first kappa shape index (κ1) is 29.6. The van der Waals surface area contributed by atoms with Crippen molar-refractivity contribution in [2.45, 2.75) is 57.4 Å². The Kier molecular flexibility index (Phi) is 9.73. The van der Waals surface area contributed by atoms with Gasteiger partial charge in [0.15, 0.2) is 0 Å². The van der Waals surface area contributed by atoms with Crippen molar-refractivity contribution in [2.24, 2.45) is 5.92 Å². The molecule has 0 aliphatic rings. The molecule has 0 radical (unpaired) electrons. The first-order chi connectivity index (χ1) is 14.2. The summed E-state index contributed by atoms with van der Waals surface area (Å²) in [5.41, 5.74) is -5.64. The van der Waals surface area contributed by atoms with Gasteiger partial charge in [0, 0.05) is 6.08 Å². The molecule has 0 fully saturated rings. The third kappa shape index (κ3) is 8.29. The van der Waals surface area contributed by atoms with Crippen LogP contribution < -0.4 is 0 Å². The number of ether oxygens (including phenoxy) is 3. The van der Waals surface area contributed by atoms with E-state index < -0.39 is 76.3 Å². The zero-order chi connectivity index (χ0) is 25.7. The van der Waals surface area contributed by atoms with Gasteiger partial charge < -0.3 is 14.2 Å². The number of rotatable bonds is 10. The fourth-order valence-electron chi connectivity index (χ4n) is 2.34. The molecule has 0 heterocycles. The number of esters is 3. The number of hydrogen-bond donors (Lipinski definition) is 1. The van der Waals surface area contributed by atoms with Crippen LogP contribution in [-0.4, -0.2) is 66.8 Å². The van der Waals surface area contributed by atoms with Gasteiger partial charge in [-0.15, -0.1) is 0 Å². The minimum Gasteiger partial charge on any atom is -0.458 e. The van der Waals surface area contributed by atoms with Gasteiger partial charge in [-0.1, -0.05) is 20.4 Å². The highest BCUT2D eigenvalue weighted by atomic mass is 32.2. The van der Waals surface area contributed by atoms with Crippen molar-refractivity contribution in [3.8, 4) is 0 Å². The zero-order valence-electron chi connectivity index (χ0n) is 16.8. The standard InChI is InChI=1S/C16H20F6O9S/c1-5-10(23)29-9(4)13(8(2)3)30-11(24)6-12(25)31-14(15(17,18)19,16(20,21)22)7-32(26,27)28/h5,8-9,13H,1,6-7H2,2-4H3,(H,26,27,28). The maximum atomic E-state index is 13.1. The second-order valence-corrected chi connectivity index (χ2v) is 8.20. The maximum Gasteiger partial charge on any atom is 0.438 e. The number of carbonyl (C=O) groups excluding carboxylic acids is 3. The lowest BCUT2D eigenvalue weighted by atomic mass is 10.0. The van der Waals surface area contributed by atoms with Crippen molar-refractivity contribution in [1.82, 2.24) is 0 Å². The van der Waals surface area contributed by atoms with Gasteiger partial charge in [-0.25, -0.2) is 4.79 Å². The molecule has 1 N–H and O–H groups in total. The molecule has 0 bridgehead atoms. The van der Waals surface area contributed by atoms with E-state index in [9.17, 15) is 49.1 Å². The Morgan fingerprint density at radius 2 is 1.44 bits per heavy atom. The lowest BCUT2D eigenvalue weighted by molar-refractivity contribution is -0.361. The summed E-state index contributed by atoms with van der Waals surface area (Å²) in [6.45, 7) is 7.30. The van der Waals surface area contributed by atoms with E-state index in [0.717, 1.165) is 6.08 Å². The predicted molar refractivity (Wildman–Crippen MR) is 92.4 cm³/mol. The Labute approximate surface area is 178 Å². The van der Waals surface area contributed by atoms with Gasteiger partial charge >= 0.3 is 35.9 Å². The maximum absolute atomic E-state index is 13.1. The molecule has 0 rings (SSSR count). The van der Waals surface area contributed by atoms with Gasteiger partial charge in [0.1, 0.15) is 24.4 Å². The second kappa shape index (κ2) is 10.5. The highest BCUT2D eigenvalue weighted by molar-refractivity contribution is 7.85. The number of hydrogen-bond acceptors (Lipinski definition) is 8. The van der Waals surface area contributed by atoms with Crippen LogP contribution in [0.2, 0.25) is 0 Å². The summed E-state index contributed by atoms with van der Waals surface area (Å²) in [6.07, 6.45) is -16.5. The molecule has 32 heavy (non-hydrogen) atoms. The average molecular weight is 502 g/mol. The molecular weight excluding hydrogens is 482 g/mol. The van der Waals surface area contributed by atoms with Gasteiger partial charge in [-0.3, -0.25) is 14.1 Å². The summed E-state index contributed by atoms with van der Waals surface area (Å²) < 4.78 is 122. The van der Waals surface area contributed by atoms with E-state index in [1.54, 1.807) is 0 Å². The fraction of sp³-hybridized carbons (Fsp3) is 0.688. The highest BCUT2D eigenvalue weighted by Crippen LogP contribution is 2.47. The summed E-state index contributed by atoms with van der Waals surface area (Å²) in [4.78, 5) is 34.8. The van der Waals surface area contributed by atoms with Gasteiger partial charge in [0.25, 0.3) is 10.1 Å². The monoisotopic (exact) mass is 502 g/mol. The molecular formula is C16H20F6O9S. The van der Waals surface area contributed by atoms with Crippen molar-refractivity contribution >= 4 is 28.0 Å². The molecule has 0 aliphatic carbocycles. The zero-order valence-corrected chi connectivity index (χ0v) is 17.6. The minimum atomic E-state index is -6.53. The fourth-order valence-corrected chi connectivity index (χ4v) is 3.24. The van der Waals surface area contributed by atoms with Crippen LogP contribution >= 0.6 is 0 Å². The molecule has 0 aromatic heterocycles. The van der Waals surface area contributed by atoms with E-state index in [2.05, 4.69) is 11.3 Å². The topological polar surface area (TPSA) is 133 Å². The first-order valence-electron chi connectivity index (χ1n) is 8.50. The molecule has 0 amide bonds. The molecule has 0 aromatic rings. The molecule has 9 nitrogen and oxygen atoms in total. The van der Waals surface area contributed by atoms with Crippen LogP contribution in [0.15, 0.2) is 12.7 Å². The molecule has 186 valence electrons. The van der Waals surface area contributed by atoms with Crippen molar-refractivity contribution in [1.29, 1.82) is 0 Å². The van der Waals surface area contributed by atoms with E-state index in [-0.39, 0.29) is 0 Å². The summed E-state index contributed by atoms with van der Waals surface area (Å²) >= 11 is 0. The molecule has 2 unspecified atom stereocenters. The lowest BCUT2D eigenvalue weighted by Crippen LogP contribution is -2.63. The van der Waals surface area contributed by atoms with E-state index in [0.29, 0.717) is 0 Å². The average Bonchev–Trinajstić information content (AvgIpc) is 2.55. The van der Waals surface area contributed by atoms with E-state index in [4.69, 9.17) is 14.0 Å². The summed E-state index contributed by atoms with van der Waals surface area (Å²) in [5, 5.41) is 0. The van der Waals surface area contributed by atoms with Crippen LogP contribution in [0.25, 0.3) is 0 Å². The Hall–Kier alpha value is -2.36. The quantitative estimate of drug-likeness (QED) is 0.119. The predicted octanol–water partition coefficient (Wildman–Crippen LogP) is 2.36. The van der Waals surface area contributed by atoms with E-state index in [1.807, 2.05) is 0 Å². The van der Waals surface area contributed by atoms with Crippen LogP contribution in [0.4, 0.5) is 26.3 Å². The molecule has 0 saturated carbocycles. The van der Waals surface area contributed by atoms with Gasteiger partial charge in [-0.2, -0.15) is 34.8 Å². The van der Waals surface area contributed by atoms with Crippen LogP contribution in [0.3, 0.4) is 0 Å². The van der Waals surface area contributed by atoms with Crippen molar-refractivity contribution in [2.75, 3.05) is 5.75 Å². The third-order valence-corrected chi connectivity index (χ3v) is 4.51. The van der Waals surface area contributed by atoms with Crippen LogP contribution in [0.5, 0.6) is 0 Å². The lowest BCUT2D eigenvalue weighted by Gasteiger charge is -2.35. The van der Waals surface area contributed by atoms with Crippen molar-refractivity contribution in [3.05, 3.63) is 12.7 Å². The number of carbonyl (C=O) groups is 3. The summed E-state index contributed by atoms with van der Waals surface area (Å²) in [5.74, 6) is -8.70. The summed E-state index contributed by atoms with van der Waals surface area (Å²) in [6, 6.07) is 0. The Bertz CT molecular complexity index is 803. The molecule has 0 saturated heterocycles. The van der Waals surface area contributed by atoms with E-state index >= 15 is 0 Å². The Balaban J connectivity index is 5.68. The smallest absolute Gasteiger partial charge is 0.438 e. The van der Waals surface area contributed by atoms with E-state index in [1.165, 1.54) is 20.8 Å². The second-order valence-electron chi connectivity index (χ2n) is 6.74. The van der Waals surface area contributed by atoms with Crippen molar-refractivity contribution < 1.29 is 67.9 Å². The molecule has 2 atom stereocenters. The number of alkyl halides is 6. The SMILES string of the molecule is C=CC(=O)OC(C)C(OC(=O)CC(=O)OC(CS(=O)(=O)O)(C(F)(F)F)C(F)(F)F)C(C)C. The van der Waals surface area contributed by atoms with Crippen molar-refractivity contribution in [3.63, 3.8) is 0 Å². The third-order valence-electron chi connectivity index (χ3n) is 3.73. The molecule has 0 aromatic carbocycles. The Morgan fingerprint density at radius 1 is 0.969 bits per heavy atom. The first-order valence-corrected chi connectivity index (χ1v) is 10.1. The van der Waals surface area contributed by atoms with Gasteiger partial charge in [-0.05, 0) is 12.8 Å². The normalized spacial score (nSPS) is 15.0. The van der Waals surface area contributed by atoms with Crippen LogP contribution in [-0.2, 0) is 38.7 Å². The molecule has 16 heteroatoms. The minimum absolute atomic E-state index is 0.591. The van der Waals surface area contributed by atoms with Gasteiger partial charge in [0.05, 0.1) is 0 Å². The number of halogens is 6. The van der Waals surface area contributed by atoms with Gasteiger partial charge in [0.2, 0.25) is 0 Å². The highest BCUT2D eigenvalue weighted by Gasteiger charge is 2.76. The van der Waals surface area contributed by atoms with Crippen LogP contribution in [0, 0.1) is 5.92 Å². The summed E-state index contributed by atoms with van der Waals surface area (Å²) in [7, 11) is -5.97. The Morgan fingerprint density at radius 3 is 1.78 bits per heavy atom.